The van der Waals surface area contributed by atoms with Gasteiger partial charge in [0.25, 0.3) is 5.91 Å². The largest absolute Gasteiger partial charge is 0.486 e. The Morgan fingerprint density at radius 2 is 2.13 bits per heavy atom. The zero-order valence-corrected chi connectivity index (χ0v) is 18.0. The molecule has 0 aliphatic carbocycles. The lowest BCUT2D eigenvalue weighted by molar-refractivity contribution is 0.101. The average Bonchev–Trinajstić information content (AvgIpc) is 3.46. The van der Waals surface area contributed by atoms with Crippen LogP contribution < -0.4 is 10.1 Å². The Kier molecular flexibility index (Phi) is 5.81. The molecule has 31 heavy (non-hydrogen) atoms. The molecule has 0 spiro atoms. The van der Waals surface area contributed by atoms with E-state index in [4.69, 9.17) is 9.26 Å². The molecule has 0 bridgehead atoms. The van der Waals surface area contributed by atoms with Gasteiger partial charge in [0.1, 0.15) is 12.4 Å². The van der Waals surface area contributed by atoms with Crippen LogP contribution in [0, 0.1) is 19.7 Å². The normalized spacial score (nSPS) is 11.0. The van der Waals surface area contributed by atoms with E-state index in [9.17, 15) is 9.18 Å². The van der Waals surface area contributed by atoms with Crippen molar-refractivity contribution >= 4 is 22.4 Å². The number of ether oxygens (including phenoxy) is 1. The van der Waals surface area contributed by atoms with E-state index < -0.39 is 11.7 Å². The van der Waals surface area contributed by atoms with Gasteiger partial charge in [-0.3, -0.25) is 14.8 Å². The summed E-state index contributed by atoms with van der Waals surface area (Å²) in [5.41, 5.74) is 3.16. The molecule has 0 aliphatic rings. The highest BCUT2D eigenvalue weighted by Crippen LogP contribution is 2.28. The number of aryl methyl sites for hydroxylation is 2. The lowest BCUT2D eigenvalue weighted by Gasteiger charge is -2.07. The molecular weight excluding hydrogens is 421 g/mol. The first-order chi connectivity index (χ1) is 15.0. The maximum atomic E-state index is 13.8. The van der Waals surface area contributed by atoms with Crippen LogP contribution in [0.5, 0.6) is 5.75 Å². The quantitative estimate of drug-likeness (QED) is 0.450. The fourth-order valence-electron chi connectivity index (χ4n) is 3.08. The molecule has 0 unspecified atom stereocenters. The number of amides is 1. The van der Waals surface area contributed by atoms with Crippen molar-refractivity contribution in [1.29, 1.82) is 0 Å². The van der Waals surface area contributed by atoms with Crippen LogP contribution in [0.1, 0.15) is 34.4 Å². The smallest absolute Gasteiger partial charge is 0.280 e. The number of benzene rings is 1. The van der Waals surface area contributed by atoms with Gasteiger partial charge in [0.05, 0.1) is 17.5 Å². The molecule has 3 heterocycles. The first-order valence-corrected chi connectivity index (χ1v) is 10.5. The lowest BCUT2D eigenvalue weighted by Crippen LogP contribution is -2.15. The van der Waals surface area contributed by atoms with Crippen molar-refractivity contribution in [3.05, 3.63) is 64.4 Å². The molecule has 1 N–H and O–H groups in total. The number of halogens is 1. The standard InChI is InChI=1S/C21H20FN5O3S/c1-4-27-12(2)14(9-23-27)17-11-31-21(24-17)25-20(28)19-15(13(3)30-26-19)10-29-18-8-6-5-7-16(18)22/h5-9,11H,4,10H2,1-3H3,(H,24,25,28). The number of rotatable bonds is 7. The van der Waals surface area contributed by atoms with Crippen molar-refractivity contribution in [1.82, 2.24) is 19.9 Å². The van der Waals surface area contributed by atoms with Crippen molar-refractivity contribution in [3.63, 3.8) is 0 Å². The molecule has 3 aromatic heterocycles. The number of nitrogens with one attached hydrogen (secondary N) is 1. The highest BCUT2D eigenvalue weighted by atomic mass is 32.1. The second kappa shape index (κ2) is 8.68. The molecule has 0 saturated heterocycles. The molecule has 4 aromatic rings. The summed E-state index contributed by atoms with van der Waals surface area (Å²) in [4.78, 5) is 17.3. The van der Waals surface area contributed by atoms with Gasteiger partial charge in [-0.1, -0.05) is 17.3 Å². The van der Waals surface area contributed by atoms with Crippen LogP contribution in [-0.4, -0.2) is 25.8 Å². The third-order valence-electron chi connectivity index (χ3n) is 4.81. The van der Waals surface area contributed by atoms with Crippen LogP contribution in [0.3, 0.4) is 0 Å². The van der Waals surface area contributed by atoms with E-state index in [1.54, 1.807) is 25.3 Å². The van der Waals surface area contributed by atoms with E-state index in [0.717, 1.165) is 23.5 Å². The Balaban J connectivity index is 1.49. The Morgan fingerprint density at radius 1 is 1.32 bits per heavy atom. The third kappa shape index (κ3) is 4.19. The van der Waals surface area contributed by atoms with E-state index in [2.05, 4.69) is 20.6 Å². The summed E-state index contributed by atoms with van der Waals surface area (Å²) >= 11 is 1.30. The minimum atomic E-state index is -0.486. The SMILES string of the molecule is CCn1ncc(-c2csc(NC(=O)c3noc(C)c3COc3ccccc3F)n2)c1C. The predicted octanol–water partition coefficient (Wildman–Crippen LogP) is 4.60. The molecule has 0 radical (unpaired) electrons. The first kappa shape index (κ1) is 20.7. The fourth-order valence-corrected chi connectivity index (χ4v) is 3.78. The van der Waals surface area contributed by atoms with Gasteiger partial charge < -0.3 is 9.26 Å². The summed E-state index contributed by atoms with van der Waals surface area (Å²) in [6, 6.07) is 6.05. The van der Waals surface area contributed by atoms with Gasteiger partial charge in [0, 0.05) is 23.2 Å². The monoisotopic (exact) mass is 441 g/mol. The van der Waals surface area contributed by atoms with Gasteiger partial charge in [-0.2, -0.15) is 5.10 Å². The van der Waals surface area contributed by atoms with Gasteiger partial charge in [-0.05, 0) is 32.9 Å². The zero-order valence-electron chi connectivity index (χ0n) is 17.2. The molecule has 0 fully saturated rings. The topological polar surface area (TPSA) is 95.1 Å². The number of hydrogen-bond acceptors (Lipinski definition) is 7. The zero-order chi connectivity index (χ0) is 22.0. The molecule has 0 aliphatic heterocycles. The van der Waals surface area contributed by atoms with Crippen LogP contribution in [0.25, 0.3) is 11.3 Å². The number of carbonyl (C=O) groups excluding carboxylic acids is 1. The summed E-state index contributed by atoms with van der Waals surface area (Å²) in [6.45, 7) is 6.37. The van der Waals surface area contributed by atoms with Crippen LogP contribution in [0.15, 0.2) is 40.4 Å². The van der Waals surface area contributed by atoms with E-state index in [1.807, 2.05) is 23.9 Å². The molecule has 0 saturated carbocycles. The number of nitrogens with zero attached hydrogens (tertiary/aromatic N) is 4. The second-order valence-electron chi connectivity index (χ2n) is 6.74. The Bertz CT molecular complexity index is 1230. The highest BCUT2D eigenvalue weighted by Gasteiger charge is 2.22. The minimum Gasteiger partial charge on any atom is -0.486 e. The number of thiazole rings is 1. The van der Waals surface area contributed by atoms with Crippen molar-refractivity contribution in [2.45, 2.75) is 33.9 Å². The predicted molar refractivity (Wildman–Crippen MR) is 114 cm³/mol. The van der Waals surface area contributed by atoms with Crippen LogP contribution in [0.4, 0.5) is 9.52 Å². The van der Waals surface area contributed by atoms with Gasteiger partial charge in [-0.15, -0.1) is 11.3 Å². The minimum absolute atomic E-state index is 0.0580. The Morgan fingerprint density at radius 3 is 2.87 bits per heavy atom. The number of carbonyl (C=O) groups is 1. The van der Waals surface area contributed by atoms with Gasteiger partial charge in [0.2, 0.25) is 0 Å². The van der Waals surface area contributed by atoms with E-state index in [0.29, 0.717) is 16.5 Å². The Hall–Kier alpha value is -3.53. The van der Waals surface area contributed by atoms with Gasteiger partial charge in [0.15, 0.2) is 22.4 Å². The molecular formula is C21H20FN5O3S. The maximum Gasteiger partial charge on any atom is 0.280 e. The molecule has 8 nitrogen and oxygen atoms in total. The summed E-state index contributed by atoms with van der Waals surface area (Å²) < 4.78 is 26.4. The summed E-state index contributed by atoms with van der Waals surface area (Å²) in [6.07, 6.45) is 1.76. The number of para-hydroxylation sites is 1. The van der Waals surface area contributed by atoms with Crippen LogP contribution in [0.2, 0.25) is 0 Å². The second-order valence-corrected chi connectivity index (χ2v) is 7.59. The maximum absolute atomic E-state index is 13.8. The van der Waals surface area contributed by atoms with Crippen LogP contribution in [-0.2, 0) is 13.2 Å². The average molecular weight is 441 g/mol. The number of anilines is 1. The van der Waals surface area contributed by atoms with Crippen molar-refractivity contribution in [3.8, 4) is 17.0 Å². The number of aromatic nitrogens is 4. The first-order valence-electron chi connectivity index (χ1n) is 9.60. The van der Waals surface area contributed by atoms with Crippen molar-refractivity contribution < 1.29 is 18.4 Å². The van der Waals surface area contributed by atoms with Crippen LogP contribution >= 0.6 is 11.3 Å². The lowest BCUT2D eigenvalue weighted by atomic mass is 10.2. The van der Waals surface area contributed by atoms with E-state index in [1.165, 1.54) is 23.5 Å². The molecule has 0 atom stereocenters. The molecule has 4 rings (SSSR count). The molecule has 1 amide bonds. The number of hydrogen-bond donors (Lipinski definition) is 1. The van der Waals surface area contributed by atoms with Gasteiger partial charge >= 0.3 is 0 Å². The van der Waals surface area contributed by atoms with Gasteiger partial charge in [-0.25, -0.2) is 9.37 Å². The highest BCUT2D eigenvalue weighted by molar-refractivity contribution is 7.14. The molecule has 160 valence electrons. The van der Waals surface area contributed by atoms with E-state index >= 15 is 0 Å². The van der Waals surface area contributed by atoms with Crippen molar-refractivity contribution in [2.75, 3.05) is 5.32 Å². The third-order valence-corrected chi connectivity index (χ3v) is 5.57. The molecule has 10 heteroatoms. The summed E-state index contributed by atoms with van der Waals surface area (Å²) in [7, 11) is 0. The van der Waals surface area contributed by atoms with E-state index in [-0.39, 0.29) is 18.1 Å². The van der Waals surface area contributed by atoms with Crippen molar-refractivity contribution in [2.24, 2.45) is 0 Å². The molecule has 1 aromatic carbocycles. The Labute approximate surface area is 181 Å². The summed E-state index contributed by atoms with van der Waals surface area (Å²) in [5, 5.41) is 13.2. The fraction of sp³-hybridized carbons (Fsp3) is 0.238. The summed E-state index contributed by atoms with van der Waals surface area (Å²) in [5.74, 6) is -0.462.